The highest BCUT2D eigenvalue weighted by molar-refractivity contribution is 6.34. The van der Waals surface area contributed by atoms with Crippen LogP contribution in [0.4, 0.5) is 11.4 Å². The average molecular weight is 620 g/mol. The van der Waals surface area contributed by atoms with Gasteiger partial charge in [-0.1, -0.05) is 35.9 Å². The van der Waals surface area contributed by atoms with Crippen molar-refractivity contribution in [2.24, 2.45) is 5.73 Å². The highest BCUT2D eigenvalue weighted by atomic mass is 35.5. The van der Waals surface area contributed by atoms with Crippen molar-refractivity contribution >= 4 is 44.8 Å². The van der Waals surface area contributed by atoms with Gasteiger partial charge in [-0.25, -0.2) is 9.97 Å². The van der Waals surface area contributed by atoms with Crippen molar-refractivity contribution in [1.82, 2.24) is 19.9 Å². The molecule has 8 nitrogen and oxygen atoms in total. The molecule has 2 N–H and O–H groups in total. The molecule has 45 heavy (non-hydrogen) atoms. The minimum atomic E-state index is 0.488. The van der Waals surface area contributed by atoms with E-state index in [2.05, 4.69) is 61.1 Å². The van der Waals surface area contributed by atoms with Crippen molar-refractivity contribution in [1.29, 1.82) is 0 Å². The van der Waals surface area contributed by atoms with Gasteiger partial charge >= 0.3 is 0 Å². The van der Waals surface area contributed by atoms with Gasteiger partial charge in [0.05, 0.1) is 34.4 Å². The summed E-state index contributed by atoms with van der Waals surface area (Å²) in [4.78, 5) is 22.1. The number of unbranched alkanes of at least 4 members (excludes halogenated alkanes) is 1. The molecular formula is C36H38ClN7O. The van der Waals surface area contributed by atoms with Gasteiger partial charge in [0.1, 0.15) is 5.15 Å². The Morgan fingerprint density at radius 2 is 1.18 bits per heavy atom. The molecule has 4 aromatic heterocycles. The predicted octanol–water partition coefficient (Wildman–Crippen LogP) is 7.50. The Morgan fingerprint density at radius 1 is 0.667 bits per heavy atom. The molecule has 4 heterocycles. The van der Waals surface area contributed by atoms with E-state index in [0.29, 0.717) is 24.2 Å². The lowest BCUT2D eigenvalue weighted by Crippen LogP contribution is -2.08. The number of nitrogens with zero attached hydrogens (tertiary/aromatic N) is 6. The molecule has 0 aliphatic heterocycles. The van der Waals surface area contributed by atoms with Gasteiger partial charge in [0.25, 0.3) is 0 Å². The third-order valence-electron chi connectivity index (χ3n) is 7.31. The lowest BCUT2D eigenvalue weighted by Gasteiger charge is -2.13. The molecule has 0 atom stereocenters. The molecule has 0 radical (unpaired) electrons. The fraction of sp³-hybridized carbons (Fsp3) is 0.222. The Hall–Kier alpha value is -4.79. The molecule has 6 aromatic rings. The minimum absolute atomic E-state index is 0.488. The van der Waals surface area contributed by atoms with Crippen LogP contribution in [0.1, 0.15) is 12.8 Å². The number of aromatic nitrogens is 4. The first-order chi connectivity index (χ1) is 21.8. The first kappa shape index (κ1) is 31.6. The van der Waals surface area contributed by atoms with Crippen LogP contribution in [0.3, 0.4) is 0 Å². The predicted molar refractivity (Wildman–Crippen MR) is 187 cm³/mol. The van der Waals surface area contributed by atoms with Crippen molar-refractivity contribution in [2.75, 3.05) is 51.1 Å². The Morgan fingerprint density at radius 3 is 1.71 bits per heavy atom. The lowest BCUT2D eigenvalue weighted by atomic mass is 10.1. The molecule has 6 rings (SSSR count). The standard InChI is InChI=1S/C20H24N4O.C16H14ClN3/c1-24(2)16-9-7-15(8-10-16)18-14-19-17(6-5-12-22-19)20(23-18)25-13-4-3-11-21;1-20(2)12-7-5-11(6-8-12)14-10-15-13(16(17)19-14)4-3-9-18-15/h5-10,12,14H,3-4,11,13,21H2,1-2H3;3-10H,1-2H3. The van der Waals surface area contributed by atoms with E-state index in [9.17, 15) is 0 Å². The Labute approximate surface area is 269 Å². The van der Waals surface area contributed by atoms with Gasteiger partial charge in [-0.15, -0.1) is 0 Å². The molecule has 0 saturated carbocycles. The summed E-state index contributed by atoms with van der Waals surface area (Å²) in [6, 6.07) is 28.2. The van der Waals surface area contributed by atoms with Crippen LogP contribution in [0.15, 0.2) is 97.3 Å². The Kier molecular flexibility index (Phi) is 10.4. The molecule has 0 spiro atoms. The molecule has 0 amide bonds. The quantitative estimate of drug-likeness (QED) is 0.131. The Bertz CT molecular complexity index is 1860. The first-order valence-corrected chi connectivity index (χ1v) is 15.3. The smallest absolute Gasteiger partial charge is 0.223 e. The number of pyridine rings is 4. The van der Waals surface area contributed by atoms with Crippen molar-refractivity contribution in [2.45, 2.75) is 12.8 Å². The van der Waals surface area contributed by atoms with Gasteiger partial charge in [-0.2, -0.15) is 0 Å². The maximum absolute atomic E-state index is 6.23. The van der Waals surface area contributed by atoms with E-state index in [1.807, 2.05) is 76.7 Å². The normalized spacial score (nSPS) is 10.8. The van der Waals surface area contributed by atoms with Crippen LogP contribution in [-0.4, -0.2) is 61.3 Å². The van der Waals surface area contributed by atoms with Crippen molar-refractivity contribution in [3.63, 3.8) is 0 Å². The van der Waals surface area contributed by atoms with Crippen molar-refractivity contribution < 1.29 is 4.74 Å². The Balaban J connectivity index is 0.000000182. The van der Waals surface area contributed by atoms with Crippen LogP contribution < -0.4 is 20.3 Å². The van der Waals surface area contributed by atoms with Crippen molar-refractivity contribution in [3.05, 3.63) is 102 Å². The number of benzene rings is 2. The van der Waals surface area contributed by atoms with Crippen molar-refractivity contribution in [3.8, 4) is 28.4 Å². The molecule has 0 aliphatic rings. The largest absolute Gasteiger partial charge is 0.477 e. The fourth-order valence-electron chi connectivity index (χ4n) is 4.76. The molecule has 9 heteroatoms. The van der Waals surface area contributed by atoms with Gasteiger partial charge in [-0.05, 0) is 80.1 Å². The van der Waals surface area contributed by atoms with Gasteiger partial charge in [-0.3, -0.25) is 9.97 Å². The van der Waals surface area contributed by atoms with E-state index in [4.69, 9.17) is 27.1 Å². The summed E-state index contributed by atoms with van der Waals surface area (Å²) in [5.74, 6) is 0.634. The number of hydrogen-bond donors (Lipinski definition) is 1. The monoisotopic (exact) mass is 619 g/mol. The third kappa shape index (κ3) is 7.84. The highest BCUT2D eigenvalue weighted by Crippen LogP contribution is 2.30. The number of ether oxygens (including phenoxy) is 1. The van der Waals surface area contributed by atoms with E-state index >= 15 is 0 Å². The molecule has 0 bridgehead atoms. The molecule has 0 saturated heterocycles. The zero-order valence-electron chi connectivity index (χ0n) is 26.1. The van der Waals surface area contributed by atoms with Crippen LogP contribution >= 0.6 is 11.6 Å². The molecule has 2 aromatic carbocycles. The summed E-state index contributed by atoms with van der Waals surface area (Å²) in [5, 5.41) is 2.30. The minimum Gasteiger partial charge on any atom is -0.477 e. The lowest BCUT2D eigenvalue weighted by molar-refractivity contribution is 0.300. The molecular weight excluding hydrogens is 582 g/mol. The maximum atomic E-state index is 6.23. The molecule has 0 unspecified atom stereocenters. The third-order valence-corrected chi connectivity index (χ3v) is 7.60. The first-order valence-electron chi connectivity index (χ1n) is 14.9. The summed E-state index contributed by atoms with van der Waals surface area (Å²) in [6.45, 7) is 1.29. The van der Waals surface area contributed by atoms with E-state index in [1.165, 1.54) is 0 Å². The summed E-state index contributed by atoms with van der Waals surface area (Å²) < 4.78 is 5.93. The van der Waals surface area contributed by atoms with Gasteiger partial charge in [0, 0.05) is 68.5 Å². The number of nitrogens with two attached hydrogens (primary N) is 1. The average Bonchev–Trinajstić information content (AvgIpc) is 3.07. The summed E-state index contributed by atoms with van der Waals surface area (Å²) in [5.41, 5.74) is 13.4. The highest BCUT2D eigenvalue weighted by Gasteiger charge is 2.11. The number of fused-ring (bicyclic) bond motifs is 2. The van der Waals surface area contributed by atoms with E-state index in [-0.39, 0.29) is 0 Å². The number of anilines is 2. The topological polar surface area (TPSA) is 93.3 Å². The van der Waals surface area contributed by atoms with Crippen LogP contribution in [0.2, 0.25) is 5.15 Å². The summed E-state index contributed by atoms with van der Waals surface area (Å²) in [7, 11) is 8.09. The second-order valence-corrected chi connectivity index (χ2v) is 11.3. The van der Waals surface area contributed by atoms with Crippen LogP contribution in [0.25, 0.3) is 44.3 Å². The zero-order valence-corrected chi connectivity index (χ0v) is 26.9. The number of hydrogen-bond acceptors (Lipinski definition) is 8. The maximum Gasteiger partial charge on any atom is 0.223 e. The van der Waals surface area contributed by atoms with Gasteiger partial charge < -0.3 is 20.3 Å². The molecule has 230 valence electrons. The summed E-state index contributed by atoms with van der Waals surface area (Å²) >= 11 is 6.23. The summed E-state index contributed by atoms with van der Waals surface area (Å²) in [6.07, 6.45) is 5.42. The van der Waals surface area contributed by atoms with E-state index in [0.717, 1.165) is 68.5 Å². The van der Waals surface area contributed by atoms with Gasteiger partial charge in [0.2, 0.25) is 5.88 Å². The van der Waals surface area contributed by atoms with Crippen LogP contribution in [0.5, 0.6) is 5.88 Å². The molecule has 0 aliphatic carbocycles. The van der Waals surface area contributed by atoms with Crippen LogP contribution in [-0.2, 0) is 0 Å². The molecule has 0 fully saturated rings. The fourth-order valence-corrected chi connectivity index (χ4v) is 5.01. The zero-order chi connectivity index (χ0) is 31.8. The second kappa shape index (κ2) is 14.8. The number of halogens is 1. The van der Waals surface area contributed by atoms with E-state index < -0.39 is 0 Å². The second-order valence-electron chi connectivity index (χ2n) is 11.0. The van der Waals surface area contributed by atoms with E-state index in [1.54, 1.807) is 12.4 Å². The SMILES string of the molecule is CN(C)c1ccc(-c2cc3ncccc3c(Cl)n2)cc1.CN(C)c1ccc(-c2cc3ncccc3c(OCCCCN)n2)cc1. The van der Waals surface area contributed by atoms with Gasteiger partial charge in [0.15, 0.2) is 0 Å². The number of rotatable bonds is 9. The van der Waals surface area contributed by atoms with Crippen LogP contribution in [0, 0.1) is 0 Å².